The first-order valence-corrected chi connectivity index (χ1v) is 8.00. The molecule has 3 rings (SSSR count). The zero-order valence-electron chi connectivity index (χ0n) is 12.7. The van der Waals surface area contributed by atoms with Gasteiger partial charge in [0, 0.05) is 19.5 Å². The maximum absolute atomic E-state index is 12.6. The molecule has 0 bridgehead atoms. The first kappa shape index (κ1) is 14.8. The smallest absolute Gasteiger partial charge is 0.223 e. The van der Waals surface area contributed by atoms with E-state index in [4.69, 9.17) is 4.42 Å². The van der Waals surface area contributed by atoms with Crippen molar-refractivity contribution in [1.29, 1.82) is 0 Å². The summed E-state index contributed by atoms with van der Waals surface area (Å²) in [5.74, 6) is 1.12. The predicted molar refractivity (Wildman–Crippen MR) is 80.9 cm³/mol. The molecule has 0 aromatic carbocycles. The van der Waals surface area contributed by atoms with Gasteiger partial charge in [-0.1, -0.05) is 12.8 Å². The Morgan fingerprint density at radius 2 is 2.32 bits per heavy atom. The summed E-state index contributed by atoms with van der Waals surface area (Å²) < 4.78 is 7.32. The summed E-state index contributed by atoms with van der Waals surface area (Å²) >= 11 is 0. The second-order valence-corrected chi connectivity index (χ2v) is 5.73. The molecular formula is C16H22N4O2. The third-order valence-corrected chi connectivity index (χ3v) is 4.19. The van der Waals surface area contributed by atoms with Gasteiger partial charge in [0.2, 0.25) is 5.91 Å². The van der Waals surface area contributed by atoms with Gasteiger partial charge in [0.15, 0.2) is 0 Å². The van der Waals surface area contributed by atoms with E-state index in [1.165, 1.54) is 12.7 Å². The minimum absolute atomic E-state index is 0.0939. The second kappa shape index (κ2) is 7.24. The molecule has 0 spiro atoms. The van der Waals surface area contributed by atoms with Gasteiger partial charge in [-0.2, -0.15) is 5.10 Å². The van der Waals surface area contributed by atoms with Crippen molar-refractivity contribution in [1.82, 2.24) is 19.7 Å². The van der Waals surface area contributed by atoms with Gasteiger partial charge in [0.05, 0.1) is 12.3 Å². The fraction of sp³-hybridized carbons (Fsp3) is 0.562. The lowest BCUT2D eigenvalue weighted by Crippen LogP contribution is -2.34. The van der Waals surface area contributed by atoms with Crippen LogP contribution in [0.5, 0.6) is 0 Å². The number of nitrogens with zero attached hydrogens (tertiary/aromatic N) is 4. The van der Waals surface area contributed by atoms with Gasteiger partial charge in [-0.3, -0.25) is 9.48 Å². The lowest BCUT2D eigenvalue weighted by molar-refractivity contribution is -0.134. The highest BCUT2D eigenvalue weighted by molar-refractivity contribution is 5.76. The molecule has 1 atom stereocenters. The van der Waals surface area contributed by atoms with Crippen molar-refractivity contribution in [2.24, 2.45) is 0 Å². The Hall–Kier alpha value is -2.11. The van der Waals surface area contributed by atoms with Gasteiger partial charge in [-0.15, -0.1) is 0 Å². The highest BCUT2D eigenvalue weighted by atomic mass is 16.3. The monoisotopic (exact) mass is 302 g/mol. The fourth-order valence-electron chi connectivity index (χ4n) is 3.07. The van der Waals surface area contributed by atoms with Gasteiger partial charge in [0.25, 0.3) is 0 Å². The zero-order chi connectivity index (χ0) is 15.2. The second-order valence-electron chi connectivity index (χ2n) is 5.73. The van der Waals surface area contributed by atoms with Crippen molar-refractivity contribution in [3.8, 4) is 0 Å². The Bertz CT molecular complexity index is 565. The maximum atomic E-state index is 12.6. The lowest BCUT2D eigenvalue weighted by Gasteiger charge is -2.28. The summed E-state index contributed by atoms with van der Waals surface area (Å²) in [5, 5.41) is 4.06. The third kappa shape index (κ3) is 3.55. The minimum atomic E-state index is 0.0939. The molecule has 1 amide bonds. The van der Waals surface area contributed by atoms with Crippen LogP contribution in [0.2, 0.25) is 0 Å². The van der Waals surface area contributed by atoms with Crippen LogP contribution < -0.4 is 0 Å². The molecule has 1 unspecified atom stereocenters. The number of amides is 1. The standard InChI is InChI=1S/C16H22N4O2/c21-16(8-4-9-19-13-17-12-18-19)20-10-3-1-2-6-14(20)15-7-5-11-22-15/h5,7,11-14H,1-4,6,8-10H2. The van der Waals surface area contributed by atoms with E-state index in [9.17, 15) is 4.79 Å². The molecule has 22 heavy (non-hydrogen) atoms. The van der Waals surface area contributed by atoms with Gasteiger partial charge in [-0.25, -0.2) is 4.98 Å². The van der Waals surface area contributed by atoms with E-state index >= 15 is 0 Å². The summed E-state index contributed by atoms with van der Waals surface area (Å²) in [6, 6.07) is 3.97. The van der Waals surface area contributed by atoms with Crippen LogP contribution in [0.1, 0.15) is 50.3 Å². The predicted octanol–water partition coefficient (Wildman–Crippen LogP) is 2.80. The molecule has 1 fully saturated rings. The van der Waals surface area contributed by atoms with Crippen LogP contribution in [0, 0.1) is 0 Å². The number of hydrogen-bond donors (Lipinski definition) is 0. The van der Waals surface area contributed by atoms with E-state index in [-0.39, 0.29) is 11.9 Å². The van der Waals surface area contributed by atoms with Crippen molar-refractivity contribution in [3.63, 3.8) is 0 Å². The van der Waals surface area contributed by atoms with Crippen LogP contribution in [0.25, 0.3) is 0 Å². The number of hydrogen-bond acceptors (Lipinski definition) is 4. The summed E-state index contributed by atoms with van der Waals surface area (Å²) in [5.41, 5.74) is 0. The highest BCUT2D eigenvalue weighted by Crippen LogP contribution is 2.31. The van der Waals surface area contributed by atoms with E-state index in [2.05, 4.69) is 10.1 Å². The molecule has 0 N–H and O–H groups in total. The van der Waals surface area contributed by atoms with Gasteiger partial charge in [-0.05, 0) is 31.4 Å². The van der Waals surface area contributed by atoms with Crippen molar-refractivity contribution < 1.29 is 9.21 Å². The zero-order valence-corrected chi connectivity index (χ0v) is 12.7. The summed E-state index contributed by atoms with van der Waals surface area (Å²) in [4.78, 5) is 18.5. The van der Waals surface area contributed by atoms with Crippen LogP contribution in [0.3, 0.4) is 0 Å². The van der Waals surface area contributed by atoms with Gasteiger partial charge >= 0.3 is 0 Å². The molecule has 0 aliphatic carbocycles. The molecule has 2 aromatic heterocycles. The first-order valence-electron chi connectivity index (χ1n) is 8.00. The van der Waals surface area contributed by atoms with Gasteiger partial charge in [0.1, 0.15) is 18.4 Å². The van der Waals surface area contributed by atoms with Crippen molar-refractivity contribution in [2.45, 2.75) is 51.1 Å². The molecule has 0 saturated carbocycles. The molecular weight excluding hydrogens is 280 g/mol. The van der Waals surface area contributed by atoms with Crippen LogP contribution in [0.4, 0.5) is 0 Å². The number of rotatable bonds is 5. The SMILES string of the molecule is O=C(CCCn1cncn1)N1CCCCCC1c1ccco1. The number of aryl methyl sites for hydroxylation is 1. The van der Waals surface area contributed by atoms with Gasteiger partial charge < -0.3 is 9.32 Å². The minimum Gasteiger partial charge on any atom is -0.467 e. The lowest BCUT2D eigenvalue weighted by atomic mass is 10.1. The average molecular weight is 302 g/mol. The Labute approximate surface area is 130 Å². The maximum Gasteiger partial charge on any atom is 0.223 e. The van der Waals surface area contributed by atoms with E-state index in [1.54, 1.807) is 17.3 Å². The Balaban J connectivity index is 1.60. The molecule has 2 aromatic rings. The quantitative estimate of drug-likeness (QED) is 0.852. The van der Waals surface area contributed by atoms with Crippen molar-refractivity contribution in [3.05, 3.63) is 36.8 Å². The highest BCUT2D eigenvalue weighted by Gasteiger charge is 2.28. The van der Waals surface area contributed by atoms with Crippen molar-refractivity contribution in [2.75, 3.05) is 6.54 Å². The molecule has 3 heterocycles. The Morgan fingerprint density at radius 3 is 3.09 bits per heavy atom. The largest absolute Gasteiger partial charge is 0.467 e. The summed E-state index contributed by atoms with van der Waals surface area (Å²) in [6.07, 6.45) is 10.6. The molecule has 6 heteroatoms. The van der Waals surface area contributed by atoms with E-state index in [1.807, 2.05) is 17.0 Å². The topological polar surface area (TPSA) is 64.2 Å². The summed E-state index contributed by atoms with van der Waals surface area (Å²) in [6.45, 7) is 1.55. The molecule has 1 saturated heterocycles. The number of furan rings is 1. The first-order chi connectivity index (χ1) is 10.8. The number of carbonyl (C=O) groups is 1. The normalized spacial score (nSPS) is 19.1. The van der Waals surface area contributed by atoms with Crippen LogP contribution in [-0.2, 0) is 11.3 Å². The van der Waals surface area contributed by atoms with E-state index < -0.39 is 0 Å². The Kier molecular flexibility index (Phi) is 4.88. The third-order valence-electron chi connectivity index (χ3n) is 4.19. The fourth-order valence-corrected chi connectivity index (χ4v) is 3.07. The van der Waals surface area contributed by atoms with Crippen molar-refractivity contribution >= 4 is 5.91 Å². The molecule has 1 aliphatic rings. The Morgan fingerprint density at radius 1 is 1.36 bits per heavy atom. The van der Waals surface area contributed by atoms with E-state index in [0.29, 0.717) is 6.42 Å². The number of likely N-dealkylation sites (tertiary alicyclic amines) is 1. The molecule has 6 nitrogen and oxygen atoms in total. The average Bonchev–Trinajstić information content (AvgIpc) is 3.17. The molecule has 1 aliphatic heterocycles. The number of carbonyl (C=O) groups excluding carboxylic acids is 1. The van der Waals surface area contributed by atoms with Crippen LogP contribution in [-0.4, -0.2) is 32.1 Å². The molecule has 0 radical (unpaired) electrons. The summed E-state index contributed by atoms with van der Waals surface area (Å²) in [7, 11) is 0. The number of aromatic nitrogens is 3. The van der Waals surface area contributed by atoms with Crippen LogP contribution in [0.15, 0.2) is 35.5 Å². The van der Waals surface area contributed by atoms with Crippen LogP contribution >= 0.6 is 0 Å². The molecule has 118 valence electrons. The van der Waals surface area contributed by atoms with E-state index in [0.717, 1.165) is 44.5 Å².